The van der Waals surface area contributed by atoms with Gasteiger partial charge in [0.2, 0.25) is 5.91 Å². The van der Waals surface area contributed by atoms with Gasteiger partial charge in [0.1, 0.15) is 0 Å². The molecule has 0 aromatic carbocycles. The summed E-state index contributed by atoms with van der Waals surface area (Å²) in [6.45, 7) is 8.89. The second kappa shape index (κ2) is 12.5. The minimum Gasteiger partial charge on any atom is -0.353 e. The second-order valence-corrected chi connectivity index (χ2v) is 5.88. The number of hydrogen-bond acceptors (Lipinski definition) is 1. The Balaban J connectivity index is 3.88. The third-order valence-electron chi connectivity index (χ3n) is 2.91. The number of allylic oxidation sites excluding steroid dienone is 6. The molecule has 1 amide bonds. The summed E-state index contributed by atoms with van der Waals surface area (Å²) in [7, 11) is 0. The van der Waals surface area contributed by atoms with Gasteiger partial charge < -0.3 is 5.32 Å². The molecule has 0 saturated carbocycles. The molecule has 0 heterocycles. The molecule has 0 fully saturated rings. The molecule has 0 spiro atoms. The van der Waals surface area contributed by atoms with Crippen LogP contribution >= 0.6 is 11.6 Å². The van der Waals surface area contributed by atoms with Gasteiger partial charge in [-0.05, 0) is 38.5 Å². The van der Waals surface area contributed by atoms with Gasteiger partial charge >= 0.3 is 0 Å². The van der Waals surface area contributed by atoms with E-state index in [0.29, 0.717) is 18.4 Å². The zero-order valence-electron chi connectivity index (χ0n) is 13.6. The number of carbonyl (C=O) groups excluding carboxylic acids is 1. The quantitative estimate of drug-likeness (QED) is 0.363. The van der Waals surface area contributed by atoms with Gasteiger partial charge in [-0.3, -0.25) is 4.79 Å². The lowest BCUT2D eigenvalue weighted by molar-refractivity contribution is -0.116. The Morgan fingerprint density at radius 1 is 1.14 bits per heavy atom. The van der Waals surface area contributed by atoms with Crippen LogP contribution in [0.25, 0.3) is 0 Å². The molecule has 0 aliphatic carbocycles. The average molecular weight is 310 g/mol. The van der Waals surface area contributed by atoms with Crippen molar-refractivity contribution >= 4 is 17.5 Å². The number of hydrogen-bond donors (Lipinski definition) is 1. The minimum atomic E-state index is -0.00251. The number of rotatable bonds is 9. The van der Waals surface area contributed by atoms with E-state index in [9.17, 15) is 4.79 Å². The summed E-state index contributed by atoms with van der Waals surface area (Å²) >= 11 is 5.45. The fourth-order valence-electron chi connectivity index (χ4n) is 1.73. The Bertz CT molecular complexity index is 403. The normalized spacial score (nSPS) is 14.7. The fraction of sp³-hybridized carbons (Fsp3) is 0.500. The highest BCUT2D eigenvalue weighted by atomic mass is 35.5. The zero-order valence-corrected chi connectivity index (χ0v) is 14.4. The van der Waals surface area contributed by atoms with Crippen molar-refractivity contribution in [3.63, 3.8) is 0 Å². The highest BCUT2D eigenvalue weighted by Gasteiger charge is 2.00. The lowest BCUT2D eigenvalue weighted by Crippen LogP contribution is -2.23. The van der Waals surface area contributed by atoms with E-state index in [0.717, 1.165) is 18.4 Å². The molecule has 0 aliphatic heterocycles. The molecule has 0 saturated heterocycles. The maximum Gasteiger partial charge on any atom is 0.243 e. The van der Waals surface area contributed by atoms with Crippen LogP contribution in [0.2, 0.25) is 0 Å². The molecule has 0 aliphatic rings. The summed E-state index contributed by atoms with van der Waals surface area (Å²) in [6.07, 6.45) is 13.9. The first-order chi connectivity index (χ1) is 9.95. The van der Waals surface area contributed by atoms with Crippen LogP contribution in [0.5, 0.6) is 0 Å². The summed E-state index contributed by atoms with van der Waals surface area (Å²) in [4.78, 5) is 11.4. The smallest absolute Gasteiger partial charge is 0.243 e. The van der Waals surface area contributed by atoms with Crippen molar-refractivity contribution in [2.75, 3.05) is 6.54 Å². The molecular weight excluding hydrogens is 282 g/mol. The van der Waals surface area contributed by atoms with Crippen LogP contribution in [0.3, 0.4) is 0 Å². The molecule has 1 N–H and O–H groups in total. The molecule has 2 nitrogen and oxygen atoms in total. The molecule has 0 bridgehead atoms. The molecule has 0 radical (unpaired) electrons. The maximum atomic E-state index is 11.4. The van der Waals surface area contributed by atoms with E-state index in [1.54, 1.807) is 6.08 Å². The van der Waals surface area contributed by atoms with Gasteiger partial charge in [0, 0.05) is 18.2 Å². The van der Waals surface area contributed by atoms with Crippen molar-refractivity contribution in [1.82, 2.24) is 5.32 Å². The monoisotopic (exact) mass is 309 g/mol. The van der Waals surface area contributed by atoms with E-state index in [-0.39, 0.29) is 5.91 Å². The fourth-order valence-corrected chi connectivity index (χ4v) is 1.82. The van der Waals surface area contributed by atoms with Crippen molar-refractivity contribution in [3.05, 3.63) is 47.6 Å². The third-order valence-corrected chi connectivity index (χ3v) is 3.06. The molecule has 0 aromatic heterocycles. The Kier molecular flexibility index (Phi) is 11.7. The van der Waals surface area contributed by atoms with Gasteiger partial charge in [-0.15, -0.1) is 0 Å². The molecule has 3 heteroatoms. The Morgan fingerprint density at radius 2 is 1.86 bits per heavy atom. The lowest BCUT2D eigenvalue weighted by Gasteiger charge is -2.07. The summed E-state index contributed by atoms with van der Waals surface area (Å²) < 4.78 is 0. The summed E-state index contributed by atoms with van der Waals surface area (Å²) in [6, 6.07) is 0. The molecule has 118 valence electrons. The number of amides is 1. The van der Waals surface area contributed by atoms with E-state index in [2.05, 4.69) is 37.4 Å². The van der Waals surface area contributed by atoms with E-state index < -0.39 is 0 Å². The number of halogens is 1. The van der Waals surface area contributed by atoms with Crippen molar-refractivity contribution in [2.24, 2.45) is 11.8 Å². The molecular formula is C18H28ClNO. The van der Waals surface area contributed by atoms with Crippen LogP contribution in [0.1, 0.15) is 40.5 Å². The molecule has 0 unspecified atom stereocenters. The first kappa shape index (κ1) is 19.7. The van der Waals surface area contributed by atoms with Gasteiger partial charge in [-0.2, -0.15) is 0 Å². The summed E-state index contributed by atoms with van der Waals surface area (Å²) in [5, 5.41) is 2.90. The van der Waals surface area contributed by atoms with Crippen molar-refractivity contribution in [2.45, 2.75) is 40.5 Å². The molecule has 0 aromatic rings. The standard InChI is InChI=1S/C18H28ClNO/c1-15(2)14-18(21)20-13-11-17(4)10-7-9-16(3)8-5-6-12-19/h5-8,10,12,14,16-17H,9,11,13H2,1-4H3,(H,20,21)/t16-,17-/m0/s1. The van der Waals surface area contributed by atoms with Gasteiger partial charge in [-0.25, -0.2) is 0 Å². The van der Waals surface area contributed by atoms with Crippen molar-refractivity contribution < 1.29 is 4.79 Å². The zero-order chi connectivity index (χ0) is 16.1. The first-order valence-corrected chi connectivity index (χ1v) is 7.92. The first-order valence-electron chi connectivity index (χ1n) is 7.48. The number of nitrogens with one attached hydrogen (secondary N) is 1. The van der Waals surface area contributed by atoms with Crippen LogP contribution in [0.4, 0.5) is 0 Å². The van der Waals surface area contributed by atoms with Crippen LogP contribution in [0.15, 0.2) is 47.6 Å². The summed E-state index contributed by atoms with van der Waals surface area (Å²) in [5.41, 5.74) is 2.52. The predicted molar refractivity (Wildman–Crippen MR) is 93.3 cm³/mol. The van der Waals surface area contributed by atoms with Gasteiger partial charge in [0.05, 0.1) is 0 Å². The molecule has 21 heavy (non-hydrogen) atoms. The van der Waals surface area contributed by atoms with E-state index in [4.69, 9.17) is 11.6 Å². The Hall–Kier alpha value is -1.28. The van der Waals surface area contributed by atoms with E-state index in [1.165, 1.54) is 5.54 Å². The lowest BCUT2D eigenvalue weighted by atomic mass is 10.0. The highest BCUT2D eigenvalue weighted by Crippen LogP contribution is 2.09. The van der Waals surface area contributed by atoms with Crippen LogP contribution in [-0.2, 0) is 4.79 Å². The molecule has 0 rings (SSSR count). The maximum absolute atomic E-state index is 11.4. The SMILES string of the molecule is CC(C)=CC(=O)NCC[C@@H](C)C=CC[C@@H](C)C=CC=CCl. The van der Waals surface area contributed by atoms with E-state index in [1.807, 2.05) is 26.0 Å². The summed E-state index contributed by atoms with van der Waals surface area (Å²) in [5.74, 6) is 0.965. The largest absolute Gasteiger partial charge is 0.353 e. The predicted octanol–water partition coefficient (Wildman–Crippen LogP) is 4.99. The van der Waals surface area contributed by atoms with E-state index >= 15 is 0 Å². The number of carbonyl (C=O) groups is 1. The van der Waals surface area contributed by atoms with Crippen molar-refractivity contribution in [3.8, 4) is 0 Å². The van der Waals surface area contributed by atoms with Crippen LogP contribution in [-0.4, -0.2) is 12.5 Å². The minimum absolute atomic E-state index is 0.00251. The topological polar surface area (TPSA) is 29.1 Å². The molecule has 2 atom stereocenters. The average Bonchev–Trinajstić information content (AvgIpc) is 2.38. The Labute approximate surface area is 134 Å². The van der Waals surface area contributed by atoms with Gasteiger partial charge in [-0.1, -0.05) is 61.4 Å². The van der Waals surface area contributed by atoms with Crippen LogP contribution < -0.4 is 5.32 Å². The second-order valence-electron chi connectivity index (χ2n) is 5.62. The Morgan fingerprint density at radius 3 is 2.48 bits per heavy atom. The van der Waals surface area contributed by atoms with Crippen molar-refractivity contribution in [1.29, 1.82) is 0 Å². The van der Waals surface area contributed by atoms with Gasteiger partial charge in [0.25, 0.3) is 0 Å². The highest BCUT2D eigenvalue weighted by molar-refractivity contribution is 6.25. The van der Waals surface area contributed by atoms with Crippen LogP contribution in [0, 0.1) is 11.8 Å². The van der Waals surface area contributed by atoms with Gasteiger partial charge in [0.15, 0.2) is 0 Å². The third kappa shape index (κ3) is 13.5.